The first kappa shape index (κ1) is 14.3. The van der Waals surface area contributed by atoms with Gasteiger partial charge in [0.15, 0.2) is 5.78 Å². The van der Waals surface area contributed by atoms with E-state index >= 15 is 0 Å². The lowest BCUT2D eigenvalue weighted by Crippen LogP contribution is -2.14. The highest BCUT2D eigenvalue weighted by atomic mass is 19.4. The first-order valence-electron chi connectivity index (χ1n) is 6.23. The van der Waals surface area contributed by atoms with Gasteiger partial charge in [0.05, 0.1) is 5.56 Å². The van der Waals surface area contributed by atoms with Crippen molar-refractivity contribution in [2.45, 2.75) is 19.5 Å². The van der Waals surface area contributed by atoms with Gasteiger partial charge in [-0.3, -0.25) is 4.79 Å². The summed E-state index contributed by atoms with van der Waals surface area (Å²) in [6, 6.07) is 11.7. The Hall–Kier alpha value is -2.10. The van der Waals surface area contributed by atoms with Gasteiger partial charge in [-0.05, 0) is 24.1 Å². The Morgan fingerprint density at radius 1 is 1.05 bits per heavy atom. The van der Waals surface area contributed by atoms with E-state index in [1.807, 2.05) is 6.92 Å². The van der Waals surface area contributed by atoms with Crippen molar-refractivity contribution in [3.63, 3.8) is 0 Å². The fourth-order valence-corrected chi connectivity index (χ4v) is 1.99. The van der Waals surface area contributed by atoms with E-state index in [0.717, 1.165) is 6.07 Å². The first-order valence-corrected chi connectivity index (χ1v) is 6.23. The molecule has 0 atom stereocenters. The molecule has 0 N–H and O–H groups in total. The maximum absolute atomic E-state index is 13.0. The molecule has 0 fully saturated rings. The topological polar surface area (TPSA) is 17.1 Å². The van der Waals surface area contributed by atoms with Crippen LogP contribution in [0.25, 0.3) is 0 Å². The molecule has 2 rings (SSSR count). The van der Waals surface area contributed by atoms with Gasteiger partial charge in [0.1, 0.15) is 0 Å². The van der Waals surface area contributed by atoms with Crippen molar-refractivity contribution >= 4 is 5.78 Å². The number of halogens is 3. The lowest BCUT2D eigenvalue weighted by atomic mass is 9.95. The van der Waals surface area contributed by atoms with Gasteiger partial charge in [0.2, 0.25) is 0 Å². The fourth-order valence-electron chi connectivity index (χ4n) is 1.99. The highest BCUT2D eigenvalue weighted by Crippen LogP contribution is 2.33. The Kier molecular flexibility index (Phi) is 3.93. The van der Waals surface area contributed by atoms with E-state index in [1.165, 1.54) is 24.3 Å². The van der Waals surface area contributed by atoms with Crippen LogP contribution in [0.5, 0.6) is 0 Å². The molecule has 20 heavy (non-hydrogen) atoms. The largest absolute Gasteiger partial charge is 0.417 e. The summed E-state index contributed by atoms with van der Waals surface area (Å²) < 4.78 is 39.0. The average molecular weight is 278 g/mol. The summed E-state index contributed by atoms with van der Waals surface area (Å²) >= 11 is 0. The third-order valence-electron chi connectivity index (χ3n) is 3.08. The Morgan fingerprint density at radius 2 is 1.70 bits per heavy atom. The van der Waals surface area contributed by atoms with Crippen LogP contribution in [-0.2, 0) is 12.6 Å². The van der Waals surface area contributed by atoms with Crippen molar-refractivity contribution in [1.29, 1.82) is 0 Å². The molecule has 2 aromatic carbocycles. The molecule has 0 saturated carbocycles. The standard InChI is InChI=1S/C16H13F3O/c1-2-11-8-9-14(16(17,18)19)13(10-11)15(20)12-6-4-3-5-7-12/h3-10H,2H2,1H3. The van der Waals surface area contributed by atoms with Crippen molar-refractivity contribution in [1.82, 2.24) is 0 Å². The van der Waals surface area contributed by atoms with Gasteiger partial charge < -0.3 is 0 Å². The summed E-state index contributed by atoms with van der Waals surface area (Å²) in [4.78, 5) is 12.3. The van der Waals surface area contributed by atoms with E-state index in [1.54, 1.807) is 18.2 Å². The van der Waals surface area contributed by atoms with Crippen LogP contribution in [-0.4, -0.2) is 5.78 Å². The summed E-state index contributed by atoms with van der Waals surface area (Å²) in [5.74, 6) is -0.603. The van der Waals surface area contributed by atoms with Crippen molar-refractivity contribution in [2.75, 3.05) is 0 Å². The minimum absolute atomic E-state index is 0.256. The third kappa shape index (κ3) is 2.90. The molecule has 2 aromatic rings. The number of carbonyl (C=O) groups excluding carboxylic acids is 1. The Morgan fingerprint density at radius 3 is 2.25 bits per heavy atom. The van der Waals surface area contributed by atoms with Crippen LogP contribution in [0.3, 0.4) is 0 Å². The molecule has 0 aliphatic heterocycles. The number of ketones is 1. The zero-order valence-electron chi connectivity index (χ0n) is 10.9. The molecule has 0 spiro atoms. The second-order valence-corrected chi connectivity index (χ2v) is 4.43. The van der Waals surface area contributed by atoms with Gasteiger partial charge in [-0.15, -0.1) is 0 Å². The number of hydrogen-bond acceptors (Lipinski definition) is 1. The average Bonchev–Trinajstić information content (AvgIpc) is 2.45. The van der Waals surface area contributed by atoms with Crippen LogP contribution in [0.4, 0.5) is 13.2 Å². The molecule has 4 heteroatoms. The van der Waals surface area contributed by atoms with Crippen LogP contribution in [0.2, 0.25) is 0 Å². The van der Waals surface area contributed by atoms with Gasteiger partial charge in [-0.25, -0.2) is 0 Å². The third-order valence-corrected chi connectivity index (χ3v) is 3.08. The second kappa shape index (κ2) is 5.49. The fraction of sp³-hybridized carbons (Fsp3) is 0.188. The zero-order valence-corrected chi connectivity index (χ0v) is 10.9. The molecule has 0 aromatic heterocycles. The van der Waals surface area contributed by atoms with Crippen LogP contribution in [0.15, 0.2) is 48.5 Å². The molecular weight excluding hydrogens is 265 g/mol. The van der Waals surface area contributed by atoms with Crippen LogP contribution in [0.1, 0.15) is 34.0 Å². The van der Waals surface area contributed by atoms with Gasteiger partial charge in [-0.2, -0.15) is 13.2 Å². The number of benzene rings is 2. The van der Waals surface area contributed by atoms with Crippen molar-refractivity contribution in [3.05, 3.63) is 70.8 Å². The summed E-state index contributed by atoms with van der Waals surface area (Å²) in [6.45, 7) is 1.83. The number of carbonyl (C=O) groups is 1. The predicted octanol–water partition coefficient (Wildman–Crippen LogP) is 4.50. The second-order valence-electron chi connectivity index (χ2n) is 4.43. The van der Waals surface area contributed by atoms with E-state index in [9.17, 15) is 18.0 Å². The molecule has 0 saturated heterocycles. The Bertz CT molecular complexity index is 615. The summed E-state index contributed by atoms with van der Waals surface area (Å²) in [7, 11) is 0. The number of rotatable bonds is 3. The molecule has 0 aliphatic rings. The molecule has 0 heterocycles. The van der Waals surface area contributed by atoms with Crippen molar-refractivity contribution < 1.29 is 18.0 Å². The van der Waals surface area contributed by atoms with E-state index in [2.05, 4.69) is 0 Å². The van der Waals surface area contributed by atoms with E-state index < -0.39 is 17.5 Å². The first-order chi connectivity index (χ1) is 9.43. The lowest BCUT2D eigenvalue weighted by molar-refractivity contribution is -0.137. The maximum atomic E-state index is 13.0. The smallest absolute Gasteiger partial charge is 0.289 e. The predicted molar refractivity (Wildman–Crippen MR) is 70.7 cm³/mol. The van der Waals surface area contributed by atoms with Gasteiger partial charge >= 0.3 is 6.18 Å². The quantitative estimate of drug-likeness (QED) is 0.755. The Labute approximate surface area is 115 Å². The molecule has 0 amide bonds. The normalized spacial score (nSPS) is 11.4. The zero-order chi connectivity index (χ0) is 14.8. The van der Waals surface area contributed by atoms with Crippen molar-refractivity contribution in [3.8, 4) is 0 Å². The lowest BCUT2D eigenvalue weighted by Gasteiger charge is -2.13. The molecule has 0 bridgehead atoms. The van der Waals surface area contributed by atoms with Crippen LogP contribution < -0.4 is 0 Å². The molecule has 0 aliphatic carbocycles. The molecule has 0 unspecified atom stereocenters. The molecule has 0 radical (unpaired) electrons. The van der Waals surface area contributed by atoms with Crippen LogP contribution in [0, 0.1) is 0 Å². The van der Waals surface area contributed by atoms with Gasteiger partial charge in [0.25, 0.3) is 0 Å². The minimum Gasteiger partial charge on any atom is -0.289 e. The number of aryl methyl sites for hydroxylation is 1. The van der Waals surface area contributed by atoms with E-state index in [-0.39, 0.29) is 11.1 Å². The number of alkyl halides is 3. The van der Waals surface area contributed by atoms with E-state index in [0.29, 0.717) is 12.0 Å². The molecular formula is C16H13F3O. The molecule has 104 valence electrons. The minimum atomic E-state index is -4.54. The molecule has 1 nitrogen and oxygen atoms in total. The van der Waals surface area contributed by atoms with Gasteiger partial charge in [-0.1, -0.05) is 43.3 Å². The summed E-state index contributed by atoms with van der Waals surface area (Å²) in [5.41, 5.74) is -0.213. The van der Waals surface area contributed by atoms with Gasteiger partial charge in [0, 0.05) is 11.1 Å². The van der Waals surface area contributed by atoms with E-state index in [4.69, 9.17) is 0 Å². The maximum Gasteiger partial charge on any atom is 0.417 e. The number of hydrogen-bond donors (Lipinski definition) is 0. The van der Waals surface area contributed by atoms with Crippen LogP contribution >= 0.6 is 0 Å². The highest BCUT2D eigenvalue weighted by Gasteiger charge is 2.35. The Balaban J connectivity index is 2.56. The summed E-state index contributed by atoms with van der Waals surface area (Å²) in [5, 5.41) is 0. The highest BCUT2D eigenvalue weighted by molar-refractivity contribution is 6.10. The monoisotopic (exact) mass is 278 g/mol. The summed E-state index contributed by atoms with van der Waals surface area (Å²) in [6.07, 6.45) is -3.96. The SMILES string of the molecule is CCc1ccc(C(F)(F)F)c(C(=O)c2ccccc2)c1. The van der Waals surface area contributed by atoms with Crippen molar-refractivity contribution in [2.24, 2.45) is 0 Å².